The predicted octanol–water partition coefficient (Wildman–Crippen LogP) is 1.98. The van der Waals surface area contributed by atoms with Crippen LogP contribution in [0, 0.1) is 0 Å². The number of nitrogens with one attached hydrogen (secondary N) is 2. The van der Waals surface area contributed by atoms with Crippen LogP contribution in [0.15, 0.2) is 46.7 Å². The van der Waals surface area contributed by atoms with Gasteiger partial charge in [-0.05, 0) is 17.2 Å². The van der Waals surface area contributed by atoms with Gasteiger partial charge in [0.25, 0.3) is 11.5 Å². The highest BCUT2D eigenvalue weighted by Gasteiger charge is 2.14. The Hall–Kier alpha value is -2.44. The van der Waals surface area contributed by atoms with Gasteiger partial charge in [0.1, 0.15) is 0 Å². The molecule has 6 heteroatoms. The fourth-order valence-corrected chi connectivity index (χ4v) is 3.17. The number of nitrogens with two attached hydrogens (primary N) is 1. The zero-order chi connectivity index (χ0) is 15.5. The summed E-state index contributed by atoms with van der Waals surface area (Å²) in [7, 11) is 0. The monoisotopic (exact) mass is 313 g/mol. The predicted molar refractivity (Wildman–Crippen MR) is 87.9 cm³/mol. The van der Waals surface area contributed by atoms with E-state index in [0.717, 1.165) is 15.8 Å². The van der Waals surface area contributed by atoms with E-state index in [1.807, 2.05) is 24.3 Å². The molecule has 3 aromatic rings. The number of pyridine rings is 1. The number of amides is 1. The second-order valence-corrected chi connectivity index (χ2v) is 5.81. The van der Waals surface area contributed by atoms with Crippen LogP contribution in [0.3, 0.4) is 0 Å². The normalized spacial score (nSPS) is 10.8. The molecule has 0 aliphatic carbocycles. The molecule has 0 spiro atoms. The highest BCUT2D eigenvalue weighted by Crippen LogP contribution is 2.22. The van der Waals surface area contributed by atoms with E-state index in [1.165, 1.54) is 11.3 Å². The third-order valence-corrected chi connectivity index (χ3v) is 4.40. The molecule has 0 atom stereocenters. The standard InChI is InChI=1S/C16H15N3O2S/c17-7-10-1-3-11(4-2-10)8-19-15(20)12-9-22-13-5-6-18-16(21)14(12)13/h1-6,9H,7-8,17H2,(H,18,21)(H,19,20). The first-order valence-electron chi connectivity index (χ1n) is 6.84. The van der Waals surface area contributed by atoms with Crippen LogP contribution in [0.5, 0.6) is 0 Å². The van der Waals surface area contributed by atoms with Gasteiger partial charge in [0.15, 0.2) is 0 Å². The molecule has 112 valence electrons. The molecule has 0 aliphatic rings. The van der Waals surface area contributed by atoms with Crippen molar-refractivity contribution in [2.45, 2.75) is 13.1 Å². The van der Waals surface area contributed by atoms with Crippen LogP contribution < -0.4 is 16.6 Å². The minimum atomic E-state index is -0.245. The molecule has 3 rings (SSSR count). The Morgan fingerprint density at radius 2 is 1.91 bits per heavy atom. The first kappa shape index (κ1) is 14.5. The first-order valence-corrected chi connectivity index (χ1v) is 7.72. The second-order valence-electron chi connectivity index (χ2n) is 4.90. The SMILES string of the molecule is NCc1ccc(CNC(=O)c2csc3cc[nH]c(=O)c23)cc1. The minimum absolute atomic E-state index is 0.240. The van der Waals surface area contributed by atoms with Crippen LogP contribution >= 0.6 is 11.3 Å². The van der Waals surface area contributed by atoms with Crippen molar-refractivity contribution >= 4 is 27.3 Å². The van der Waals surface area contributed by atoms with E-state index in [-0.39, 0.29) is 11.5 Å². The van der Waals surface area contributed by atoms with Gasteiger partial charge in [-0.15, -0.1) is 11.3 Å². The fraction of sp³-hybridized carbons (Fsp3) is 0.125. The van der Waals surface area contributed by atoms with Crippen LogP contribution in [0.4, 0.5) is 0 Å². The summed E-state index contributed by atoms with van der Waals surface area (Å²) in [5.41, 5.74) is 7.76. The summed E-state index contributed by atoms with van der Waals surface area (Å²) in [5, 5.41) is 5.00. The van der Waals surface area contributed by atoms with Gasteiger partial charge in [0, 0.05) is 29.4 Å². The van der Waals surface area contributed by atoms with Crippen molar-refractivity contribution in [3.63, 3.8) is 0 Å². The van der Waals surface area contributed by atoms with E-state index in [0.29, 0.717) is 24.0 Å². The number of carbonyl (C=O) groups is 1. The fourth-order valence-electron chi connectivity index (χ4n) is 2.23. The Balaban J connectivity index is 1.77. The Labute approximate surface area is 130 Å². The molecule has 0 fully saturated rings. The number of thiophene rings is 1. The number of benzene rings is 1. The van der Waals surface area contributed by atoms with Gasteiger partial charge >= 0.3 is 0 Å². The van der Waals surface area contributed by atoms with Crippen molar-refractivity contribution in [3.05, 3.63) is 69.0 Å². The van der Waals surface area contributed by atoms with E-state index < -0.39 is 0 Å². The van der Waals surface area contributed by atoms with Gasteiger partial charge in [0.2, 0.25) is 0 Å². The van der Waals surface area contributed by atoms with Crippen molar-refractivity contribution in [2.75, 3.05) is 0 Å². The minimum Gasteiger partial charge on any atom is -0.348 e. The average Bonchev–Trinajstić information content (AvgIpc) is 2.98. The lowest BCUT2D eigenvalue weighted by Crippen LogP contribution is -2.23. The highest BCUT2D eigenvalue weighted by molar-refractivity contribution is 7.17. The Morgan fingerprint density at radius 3 is 2.64 bits per heavy atom. The van der Waals surface area contributed by atoms with Crippen molar-refractivity contribution in [1.29, 1.82) is 0 Å². The van der Waals surface area contributed by atoms with Crippen LogP contribution in [0.25, 0.3) is 10.1 Å². The summed E-state index contributed by atoms with van der Waals surface area (Å²) in [6, 6.07) is 9.53. The third-order valence-electron chi connectivity index (χ3n) is 3.45. The molecule has 0 bridgehead atoms. The van der Waals surface area contributed by atoms with Crippen LogP contribution in [0.2, 0.25) is 0 Å². The number of carbonyl (C=O) groups excluding carboxylic acids is 1. The Kier molecular flexibility index (Phi) is 4.04. The molecule has 0 aliphatic heterocycles. The number of aromatic nitrogens is 1. The Bertz CT molecular complexity index is 865. The highest BCUT2D eigenvalue weighted by atomic mass is 32.1. The zero-order valence-electron chi connectivity index (χ0n) is 11.8. The van der Waals surface area contributed by atoms with Crippen LogP contribution in [-0.2, 0) is 13.1 Å². The van der Waals surface area contributed by atoms with Gasteiger partial charge < -0.3 is 16.0 Å². The molecule has 0 saturated heterocycles. The summed E-state index contributed by atoms with van der Waals surface area (Å²) < 4.78 is 0.807. The molecule has 0 saturated carbocycles. The number of H-pyrrole nitrogens is 1. The number of hydrogen-bond acceptors (Lipinski definition) is 4. The maximum atomic E-state index is 12.3. The molecular weight excluding hydrogens is 298 g/mol. The lowest BCUT2D eigenvalue weighted by atomic mass is 10.1. The zero-order valence-corrected chi connectivity index (χ0v) is 12.6. The van der Waals surface area contributed by atoms with Crippen molar-refractivity contribution in [3.8, 4) is 0 Å². The summed E-state index contributed by atoms with van der Waals surface area (Å²) in [6.07, 6.45) is 1.59. The van der Waals surface area contributed by atoms with E-state index in [1.54, 1.807) is 17.6 Å². The molecule has 2 aromatic heterocycles. The van der Waals surface area contributed by atoms with E-state index in [4.69, 9.17) is 5.73 Å². The molecule has 1 amide bonds. The van der Waals surface area contributed by atoms with Crippen LogP contribution in [-0.4, -0.2) is 10.9 Å². The van der Waals surface area contributed by atoms with E-state index in [9.17, 15) is 9.59 Å². The van der Waals surface area contributed by atoms with Gasteiger partial charge in [-0.3, -0.25) is 9.59 Å². The number of rotatable bonds is 4. The van der Waals surface area contributed by atoms with Gasteiger partial charge in [-0.25, -0.2) is 0 Å². The van der Waals surface area contributed by atoms with E-state index in [2.05, 4.69) is 10.3 Å². The lowest BCUT2D eigenvalue weighted by Gasteiger charge is -2.05. The number of fused-ring (bicyclic) bond motifs is 1. The summed E-state index contributed by atoms with van der Waals surface area (Å²) in [5.74, 6) is -0.245. The average molecular weight is 313 g/mol. The Morgan fingerprint density at radius 1 is 1.18 bits per heavy atom. The second kappa shape index (κ2) is 6.13. The quantitative estimate of drug-likeness (QED) is 0.688. The molecule has 1 aromatic carbocycles. The molecule has 0 unspecified atom stereocenters. The molecule has 4 N–H and O–H groups in total. The smallest absolute Gasteiger partial charge is 0.257 e. The lowest BCUT2D eigenvalue weighted by molar-refractivity contribution is 0.0953. The summed E-state index contributed by atoms with van der Waals surface area (Å²) in [6.45, 7) is 0.905. The molecule has 5 nitrogen and oxygen atoms in total. The summed E-state index contributed by atoms with van der Waals surface area (Å²) in [4.78, 5) is 26.8. The number of hydrogen-bond donors (Lipinski definition) is 3. The largest absolute Gasteiger partial charge is 0.348 e. The maximum absolute atomic E-state index is 12.3. The van der Waals surface area contributed by atoms with Crippen molar-refractivity contribution < 1.29 is 4.79 Å². The maximum Gasteiger partial charge on any atom is 0.257 e. The third kappa shape index (κ3) is 2.79. The van der Waals surface area contributed by atoms with E-state index >= 15 is 0 Å². The van der Waals surface area contributed by atoms with Gasteiger partial charge in [0.05, 0.1) is 10.9 Å². The first-order chi connectivity index (χ1) is 10.7. The number of aromatic amines is 1. The van der Waals surface area contributed by atoms with Gasteiger partial charge in [-0.2, -0.15) is 0 Å². The molecule has 2 heterocycles. The summed E-state index contributed by atoms with van der Waals surface area (Å²) >= 11 is 1.39. The molecular formula is C16H15N3O2S. The van der Waals surface area contributed by atoms with Gasteiger partial charge in [-0.1, -0.05) is 24.3 Å². The van der Waals surface area contributed by atoms with Crippen LogP contribution in [0.1, 0.15) is 21.5 Å². The topological polar surface area (TPSA) is 88.0 Å². The van der Waals surface area contributed by atoms with Crippen molar-refractivity contribution in [1.82, 2.24) is 10.3 Å². The molecule has 22 heavy (non-hydrogen) atoms. The molecule has 0 radical (unpaired) electrons. The van der Waals surface area contributed by atoms with Crippen molar-refractivity contribution in [2.24, 2.45) is 5.73 Å².